The normalized spacial score (nSPS) is 10.8. The highest BCUT2D eigenvalue weighted by Gasteiger charge is 2.30. The van der Waals surface area contributed by atoms with Crippen LogP contribution in [-0.2, 0) is 11.2 Å². The summed E-state index contributed by atoms with van der Waals surface area (Å²) in [6.07, 6.45) is -4.32. The molecule has 26 heavy (non-hydrogen) atoms. The van der Waals surface area contributed by atoms with Crippen molar-refractivity contribution in [2.24, 2.45) is 0 Å². The number of ether oxygens (including phenoxy) is 1. The largest absolute Gasteiger partial charge is 0.573 e. The number of carbonyl (C=O) groups excluding carboxylic acids is 1. The average molecular weight is 380 g/mol. The summed E-state index contributed by atoms with van der Waals surface area (Å²) >= 11 is 1.47. The Hall–Kier alpha value is -2.66. The molecule has 0 aliphatic rings. The molecule has 8 heteroatoms. The van der Waals surface area contributed by atoms with Gasteiger partial charge in [-0.1, -0.05) is 24.3 Å². The Bertz CT molecular complexity index is 786. The molecule has 0 saturated heterocycles. The molecule has 0 bridgehead atoms. The molecule has 2 aromatic rings. The number of halogens is 3. The summed E-state index contributed by atoms with van der Waals surface area (Å²) in [5.74, 6) is -0.00643. The van der Waals surface area contributed by atoms with Crippen LogP contribution in [0.1, 0.15) is 12.0 Å². The summed E-state index contributed by atoms with van der Waals surface area (Å²) in [7, 11) is 0. The van der Waals surface area contributed by atoms with Crippen LogP contribution >= 0.6 is 11.8 Å². The highest BCUT2D eigenvalue weighted by Crippen LogP contribution is 2.28. The van der Waals surface area contributed by atoms with Gasteiger partial charge in [-0.2, -0.15) is 5.26 Å². The summed E-state index contributed by atoms with van der Waals surface area (Å²) in [5, 5.41) is 11.4. The van der Waals surface area contributed by atoms with E-state index >= 15 is 0 Å². The van der Waals surface area contributed by atoms with Crippen molar-refractivity contribution in [1.29, 1.82) is 5.26 Å². The highest BCUT2D eigenvalue weighted by molar-refractivity contribution is 7.99. The lowest BCUT2D eigenvalue weighted by molar-refractivity contribution is -0.274. The third kappa shape index (κ3) is 6.69. The summed E-state index contributed by atoms with van der Waals surface area (Å²) in [6.45, 7) is 0. The summed E-state index contributed by atoms with van der Waals surface area (Å²) in [6, 6.07) is 14.4. The highest BCUT2D eigenvalue weighted by atomic mass is 32.2. The van der Waals surface area contributed by atoms with Crippen molar-refractivity contribution in [3.05, 3.63) is 54.1 Å². The monoisotopic (exact) mass is 380 g/mol. The Morgan fingerprint density at radius 3 is 2.50 bits per heavy atom. The maximum Gasteiger partial charge on any atom is 0.573 e. The number of hydrogen-bond donors (Lipinski definition) is 1. The molecule has 1 amide bonds. The topological polar surface area (TPSA) is 62.1 Å². The van der Waals surface area contributed by atoms with E-state index in [2.05, 4.69) is 16.1 Å². The Balaban J connectivity index is 1.96. The molecule has 0 spiro atoms. The van der Waals surface area contributed by atoms with Gasteiger partial charge in [0.2, 0.25) is 5.91 Å². The van der Waals surface area contributed by atoms with Crippen molar-refractivity contribution < 1.29 is 22.7 Å². The minimum atomic E-state index is -4.74. The Morgan fingerprint density at radius 1 is 1.15 bits per heavy atom. The van der Waals surface area contributed by atoms with Gasteiger partial charge < -0.3 is 10.1 Å². The van der Waals surface area contributed by atoms with Crippen molar-refractivity contribution in [1.82, 2.24) is 0 Å². The average Bonchev–Trinajstić information content (AvgIpc) is 2.57. The molecule has 2 rings (SSSR count). The molecule has 0 radical (unpaired) electrons. The van der Waals surface area contributed by atoms with Gasteiger partial charge >= 0.3 is 6.36 Å². The van der Waals surface area contributed by atoms with E-state index < -0.39 is 6.36 Å². The SMILES string of the molecule is N#CCCSc1ccccc1NC(=O)Cc1ccc(OC(F)(F)F)cc1. The number of thioether (sulfide) groups is 1. The van der Waals surface area contributed by atoms with Gasteiger partial charge in [-0.15, -0.1) is 24.9 Å². The molecule has 0 saturated carbocycles. The number of nitrogens with one attached hydrogen (secondary N) is 1. The van der Waals surface area contributed by atoms with Crippen molar-refractivity contribution in [3.63, 3.8) is 0 Å². The first kappa shape index (κ1) is 19.7. The number of nitriles is 1. The van der Waals surface area contributed by atoms with Crippen molar-refractivity contribution in [3.8, 4) is 11.8 Å². The fourth-order valence-electron chi connectivity index (χ4n) is 2.09. The van der Waals surface area contributed by atoms with Crippen LogP contribution in [0.25, 0.3) is 0 Å². The van der Waals surface area contributed by atoms with E-state index in [0.717, 1.165) is 4.90 Å². The van der Waals surface area contributed by atoms with Gasteiger partial charge in [0, 0.05) is 17.1 Å². The Kier molecular flexibility index (Phi) is 6.92. The first-order valence-corrected chi connectivity index (χ1v) is 8.59. The molecule has 0 aliphatic heterocycles. The number of hydrogen-bond acceptors (Lipinski definition) is 4. The zero-order valence-corrected chi connectivity index (χ0v) is 14.4. The fraction of sp³-hybridized carbons (Fsp3) is 0.222. The van der Waals surface area contributed by atoms with E-state index in [-0.39, 0.29) is 18.1 Å². The number of amides is 1. The zero-order chi connectivity index (χ0) is 19.0. The molecule has 4 nitrogen and oxygen atoms in total. The second kappa shape index (κ2) is 9.15. The van der Waals surface area contributed by atoms with E-state index in [9.17, 15) is 18.0 Å². The number of nitrogens with zero attached hydrogens (tertiary/aromatic N) is 1. The number of anilines is 1. The number of alkyl halides is 3. The lowest BCUT2D eigenvalue weighted by atomic mass is 10.1. The molecule has 0 unspecified atom stereocenters. The van der Waals surface area contributed by atoms with Crippen LogP contribution in [0.3, 0.4) is 0 Å². The van der Waals surface area contributed by atoms with Crippen LogP contribution in [0.5, 0.6) is 5.75 Å². The second-order valence-corrected chi connectivity index (χ2v) is 6.31. The van der Waals surface area contributed by atoms with Crippen LogP contribution in [0, 0.1) is 11.3 Å². The van der Waals surface area contributed by atoms with Crippen LogP contribution in [0.2, 0.25) is 0 Å². The van der Waals surface area contributed by atoms with Crippen molar-refractivity contribution >= 4 is 23.4 Å². The molecule has 0 aliphatic carbocycles. The quantitative estimate of drug-likeness (QED) is 0.555. The standard InChI is InChI=1S/C18H15F3N2O2S/c19-18(20,21)25-14-8-6-13(7-9-14)12-17(24)23-15-4-1-2-5-16(15)26-11-3-10-22/h1-2,4-9H,3,11-12H2,(H,23,24). The van der Waals surface area contributed by atoms with Gasteiger partial charge in [0.25, 0.3) is 0 Å². The van der Waals surface area contributed by atoms with Gasteiger partial charge in [-0.05, 0) is 29.8 Å². The summed E-state index contributed by atoms with van der Waals surface area (Å²) in [5.41, 5.74) is 1.20. The summed E-state index contributed by atoms with van der Waals surface area (Å²) < 4.78 is 40.2. The maximum absolute atomic E-state index is 12.2. The third-order valence-corrected chi connectivity index (χ3v) is 4.23. The van der Waals surface area contributed by atoms with Crippen LogP contribution < -0.4 is 10.1 Å². The Labute approximate surface area is 153 Å². The van der Waals surface area contributed by atoms with E-state index in [0.29, 0.717) is 23.4 Å². The van der Waals surface area contributed by atoms with Crippen molar-refractivity contribution in [2.45, 2.75) is 24.1 Å². The molecule has 2 aromatic carbocycles. The predicted octanol–water partition coefficient (Wildman–Crippen LogP) is 4.77. The fourth-order valence-corrected chi connectivity index (χ4v) is 2.95. The minimum Gasteiger partial charge on any atom is -0.406 e. The molecule has 0 heterocycles. The molecule has 1 N–H and O–H groups in total. The smallest absolute Gasteiger partial charge is 0.406 e. The van der Waals surface area contributed by atoms with Gasteiger partial charge in [0.05, 0.1) is 18.2 Å². The van der Waals surface area contributed by atoms with E-state index in [1.165, 1.54) is 36.0 Å². The van der Waals surface area contributed by atoms with E-state index in [4.69, 9.17) is 5.26 Å². The lowest BCUT2D eigenvalue weighted by Gasteiger charge is -2.11. The van der Waals surface area contributed by atoms with Gasteiger partial charge in [0.15, 0.2) is 0 Å². The Morgan fingerprint density at radius 2 is 1.85 bits per heavy atom. The van der Waals surface area contributed by atoms with Crippen LogP contribution in [0.15, 0.2) is 53.4 Å². The van der Waals surface area contributed by atoms with Crippen LogP contribution in [0.4, 0.5) is 18.9 Å². The number of rotatable bonds is 7. The van der Waals surface area contributed by atoms with Crippen LogP contribution in [-0.4, -0.2) is 18.0 Å². The zero-order valence-electron chi connectivity index (χ0n) is 13.5. The molecular formula is C18H15F3N2O2S. The number of benzene rings is 2. The molecule has 0 aromatic heterocycles. The lowest BCUT2D eigenvalue weighted by Crippen LogP contribution is -2.17. The van der Waals surface area contributed by atoms with Gasteiger partial charge in [0.1, 0.15) is 5.75 Å². The van der Waals surface area contributed by atoms with Gasteiger partial charge in [-0.3, -0.25) is 4.79 Å². The predicted molar refractivity (Wildman–Crippen MR) is 92.9 cm³/mol. The van der Waals surface area contributed by atoms with Gasteiger partial charge in [-0.25, -0.2) is 0 Å². The summed E-state index contributed by atoms with van der Waals surface area (Å²) in [4.78, 5) is 13.0. The first-order chi connectivity index (χ1) is 12.4. The molecule has 0 fully saturated rings. The second-order valence-electron chi connectivity index (χ2n) is 5.17. The minimum absolute atomic E-state index is 0.0174. The van der Waals surface area contributed by atoms with Crippen molar-refractivity contribution in [2.75, 3.05) is 11.1 Å². The molecule has 0 atom stereocenters. The van der Waals surface area contributed by atoms with E-state index in [1.807, 2.05) is 12.1 Å². The third-order valence-electron chi connectivity index (χ3n) is 3.15. The molecule has 136 valence electrons. The first-order valence-electron chi connectivity index (χ1n) is 7.61. The maximum atomic E-state index is 12.2. The molecular weight excluding hydrogens is 365 g/mol. The number of carbonyl (C=O) groups is 1. The van der Waals surface area contributed by atoms with E-state index in [1.54, 1.807) is 12.1 Å². The number of para-hydroxylation sites is 1.